The largest absolute Gasteiger partial charge is 0.493 e. The molecule has 0 bridgehead atoms. The van der Waals surface area contributed by atoms with E-state index in [1.165, 1.54) is 22.3 Å². The summed E-state index contributed by atoms with van der Waals surface area (Å²) in [5.41, 5.74) is 7.17. The number of hydrogen-bond donors (Lipinski definition) is 1. The van der Waals surface area contributed by atoms with Crippen LogP contribution in [0.15, 0.2) is 36.4 Å². The third-order valence-corrected chi connectivity index (χ3v) is 5.72. The van der Waals surface area contributed by atoms with Gasteiger partial charge in [-0.15, -0.1) is 0 Å². The molecule has 28 heavy (non-hydrogen) atoms. The van der Waals surface area contributed by atoms with Gasteiger partial charge in [0.25, 0.3) is 0 Å². The molecule has 0 aromatic heterocycles. The zero-order valence-electron chi connectivity index (χ0n) is 16.6. The molecular weight excluding hydrogens is 350 g/mol. The first-order valence-corrected chi connectivity index (χ1v) is 10.0. The Morgan fingerprint density at radius 3 is 2.86 bits per heavy atom. The van der Waals surface area contributed by atoms with E-state index in [4.69, 9.17) is 9.47 Å². The lowest BCUT2D eigenvalue weighted by atomic mass is 9.95. The second-order valence-corrected chi connectivity index (χ2v) is 7.62. The topological polar surface area (TPSA) is 47.6 Å². The van der Waals surface area contributed by atoms with Crippen LogP contribution >= 0.6 is 0 Å². The van der Waals surface area contributed by atoms with Crippen molar-refractivity contribution in [2.45, 2.75) is 45.6 Å². The number of carbonyl (C=O) groups is 1. The van der Waals surface area contributed by atoms with Gasteiger partial charge in [-0.1, -0.05) is 18.2 Å². The first-order chi connectivity index (χ1) is 13.7. The van der Waals surface area contributed by atoms with Gasteiger partial charge >= 0.3 is 0 Å². The Hall–Kier alpha value is -2.75. The van der Waals surface area contributed by atoms with Gasteiger partial charge in [0, 0.05) is 41.8 Å². The summed E-state index contributed by atoms with van der Waals surface area (Å²) in [6.45, 7) is 6.45. The van der Waals surface area contributed by atoms with Crippen LogP contribution in [0.1, 0.15) is 53.0 Å². The van der Waals surface area contributed by atoms with Gasteiger partial charge in [-0.2, -0.15) is 0 Å². The highest BCUT2D eigenvalue weighted by Gasteiger charge is 2.24. The fourth-order valence-electron chi connectivity index (χ4n) is 4.09. The Labute approximate surface area is 166 Å². The van der Waals surface area contributed by atoms with Gasteiger partial charge in [0.15, 0.2) is 0 Å². The summed E-state index contributed by atoms with van der Waals surface area (Å²) < 4.78 is 11.7. The molecule has 146 valence electrons. The summed E-state index contributed by atoms with van der Waals surface area (Å²) in [5, 5.41) is 3.52. The number of nitrogens with one attached hydrogen (secondary N) is 1. The van der Waals surface area contributed by atoms with Crippen molar-refractivity contribution in [2.24, 2.45) is 0 Å². The highest BCUT2D eigenvalue weighted by atomic mass is 16.5. The van der Waals surface area contributed by atoms with Crippen LogP contribution in [0.2, 0.25) is 0 Å². The molecule has 0 saturated carbocycles. The fraction of sp³-hybridized carbons (Fsp3) is 0.375. The predicted octanol–water partition coefficient (Wildman–Crippen LogP) is 5.13. The molecule has 0 saturated heterocycles. The van der Waals surface area contributed by atoms with Crippen molar-refractivity contribution in [3.8, 4) is 5.75 Å². The first kappa shape index (κ1) is 18.6. The van der Waals surface area contributed by atoms with Crippen molar-refractivity contribution in [1.82, 2.24) is 0 Å². The Kier molecular flexibility index (Phi) is 5.38. The number of anilines is 1. The third kappa shape index (κ3) is 3.64. The number of aldehydes is 1. The molecule has 2 aliphatic rings. The zero-order valence-corrected chi connectivity index (χ0v) is 16.6. The molecule has 0 aliphatic carbocycles. The normalized spacial score (nSPS) is 17.9. The lowest BCUT2D eigenvalue weighted by molar-refractivity contribution is -0.108. The van der Waals surface area contributed by atoms with Gasteiger partial charge < -0.3 is 19.6 Å². The van der Waals surface area contributed by atoms with Crippen molar-refractivity contribution >= 4 is 17.7 Å². The summed E-state index contributed by atoms with van der Waals surface area (Å²) in [6.07, 6.45) is 5.87. The van der Waals surface area contributed by atoms with Crippen LogP contribution < -0.4 is 10.1 Å². The summed E-state index contributed by atoms with van der Waals surface area (Å²) in [7, 11) is 0. The fourth-order valence-corrected chi connectivity index (χ4v) is 4.09. The minimum Gasteiger partial charge on any atom is -0.493 e. The standard InChI is InChI=1S/C24H27NO3/c1-16-6-7-18(17(2)24(16)22-5-3-4-12-27-22)14-25-20-8-9-21-19(10-11-26)15-28-23(21)13-20/h5-9,11,13,19,25H,3-4,10,12,14-15H2,1-2H3/t19-/m1/s1. The molecule has 2 aromatic carbocycles. The van der Waals surface area contributed by atoms with Crippen LogP contribution in [-0.4, -0.2) is 19.5 Å². The average Bonchev–Trinajstić information content (AvgIpc) is 3.11. The van der Waals surface area contributed by atoms with Crippen LogP contribution in [0, 0.1) is 13.8 Å². The number of hydrogen-bond acceptors (Lipinski definition) is 4. The van der Waals surface area contributed by atoms with Crippen molar-refractivity contribution in [1.29, 1.82) is 0 Å². The van der Waals surface area contributed by atoms with Gasteiger partial charge in [-0.3, -0.25) is 0 Å². The number of rotatable bonds is 6. The van der Waals surface area contributed by atoms with Gasteiger partial charge in [0.1, 0.15) is 17.8 Å². The minimum absolute atomic E-state index is 0.187. The Bertz CT molecular complexity index is 916. The SMILES string of the molecule is Cc1ccc(CNc2ccc3c(c2)OC[C@H]3CC=O)c(C)c1C1=CCCCO1. The van der Waals surface area contributed by atoms with E-state index >= 15 is 0 Å². The lowest BCUT2D eigenvalue weighted by Crippen LogP contribution is -2.08. The van der Waals surface area contributed by atoms with Crippen LogP contribution in [-0.2, 0) is 16.1 Å². The van der Waals surface area contributed by atoms with E-state index in [9.17, 15) is 4.79 Å². The highest BCUT2D eigenvalue weighted by Crippen LogP contribution is 2.37. The predicted molar refractivity (Wildman–Crippen MR) is 112 cm³/mol. The minimum atomic E-state index is 0.187. The monoisotopic (exact) mass is 377 g/mol. The molecule has 0 amide bonds. The summed E-state index contributed by atoms with van der Waals surface area (Å²) in [6, 6.07) is 10.6. The van der Waals surface area contributed by atoms with Crippen molar-refractivity contribution in [3.63, 3.8) is 0 Å². The maximum Gasteiger partial charge on any atom is 0.124 e. The van der Waals surface area contributed by atoms with E-state index in [1.807, 2.05) is 6.07 Å². The molecular formula is C24H27NO3. The Balaban J connectivity index is 1.51. The number of carbonyl (C=O) groups excluding carboxylic acids is 1. The van der Waals surface area contributed by atoms with E-state index in [2.05, 4.69) is 49.5 Å². The Morgan fingerprint density at radius 2 is 2.07 bits per heavy atom. The van der Waals surface area contributed by atoms with Crippen molar-refractivity contribution < 1.29 is 14.3 Å². The zero-order chi connectivity index (χ0) is 19.5. The second-order valence-electron chi connectivity index (χ2n) is 7.62. The molecule has 4 nitrogen and oxygen atoms in total. The van der Waals surface area contributed by atoms with Crippen molar-refractivity contribution in [3.05, 3.63) is 64.2 Å². The summed E-state index contributed by atoms with van der Waals surface area (Å²) >= 11 is 0. The van der Waals surface area contributed by atoms with Gasteiger partial charge in [-0.05, 0) is 55.5 Å². The van der Waals surface area contributed by atoms with E-state index in [-0.39, 0.29) is 5.92 Å². The number of aryl methyl sites for hydroxylation is 1. The molecule has 2 aliphatic heterocycles. The molecule has 1 N–H and O–H groups in total. The Morgan fingerprint density at radius 1 is 1.18 bits per heavy atom. The van der Waals surface area contributed by atoms with E-state index in [1.54, 1.807) is 0 Å². The highest BCUT2D eigenvalue weighted by molar-refractivity contribution is 5.68. The van der Waals surface area contributed by atoms with E-state index in [0.717, 1.165) is 55.0 Å². The third-order valence-electron chi connectivity index (χ3n) is 5.72. The molecule has 1 atom stereocenters. The molecule has 4 heteroatoms. The molecule has 2 heterocycles. The maximum atomic E-state index is 10.8. The van der Waals surface area contributed by atoms with E-state index < -0.39 is 0 Å². The van der Waals surface area contributed by atoms with Gasteiger partial charge in [-0.25, -0.2) is 0 Å². The van der Waals surface area contributed by atoms with Crippen LogP contribution in [0.25, 0.3) is 5.76 Å². The number of fused-ring (bicyclic) bond motifs is 1. The maximum absolute atomic E-state index is 10.8. The lowest BCUT2D eigenvalue weighted by Gasteiger charge is -2.21. The quantitative estimate of drug-likeness (QED) is 0.709. The van der Waals surface area contributed by atoms with E-state index in [0.29, 0.717) is 13.0 Å². The molecule has 0 unspecified atom stereocenters. The molecule has 4 rings (SSSR count). The smallest absolute Gasteiger partial charge is 0.124 e. The number of benzene rings is 2. The van der Waals surface area contributed by atoms with Crippen molar-refractivity contribution in [2.75, 3.05) is 18.5 Å². The van der Waals surface area contributed by atoms with Crippen LogP contribution in [0.3, 0.4) is 0 Å². The second kappa shape index (κ2) is 8.09. The number of ether oxygens (including phenoxy) is 2. The molecule has 0 spiro atoms. The number of allylic oxidation sites excluding steroid dienone is 1. The molecule has 0 radical (unpaired) electrons. The molecule has 0 fully saturated rings. The first-order valence-electron chi connectivity index (χ1n) is 10.0. The molecule has 2 aromatic rings. The van der Waals surface area contributed by atoms with Crippen LogP contribution in [0.4, 0.5) is 5.69 Å². The summed E-state index contributed by atoms with van der Waals surface area (Å²) in [5.74, 6) is 2.10. The average molecular weight is 377 g/mol. The summed E-state index contributed by atoms with van der Waals surface area (Å²) in [4.78, 5) is 10.8. The van der Waals surface area contributed by atoms with Gasteiger partial charge in [0.05, 0.1) is 13.2 Å². The van der Waals surface area contributed by atoms with Gasteiger partial charge in [0.2, 0.25) is 0 Å². The van der Waals surface area contributed by atoms with Crippen LogP contribution in [0.5, 0.6) is 5.75 Å².